The first kappa shape index (κ1) is 17.2. The Morgan fingerprint density at radius 1 is 1.15 bits per heavy atom. The molecule has 0 spiro atoms. The molecule has 1 aliphatic heterocycles. The van der Waals surface area contributed by atoms with Crippen LogP contribution in [0.25, 0.3) is 0 Å². The van der Waals surface area contributed by atoms with Gasteiger partial charge in [-0.3, -0.25) is 14.5 Å². The molecule has 1 atom stereocenters. The standard InChI is InChI=1S/C19H16N4O3/c1-19(15-8-4-12(10-20)5-9-15)17(25)23(18(26)22-19)11-13-2-6-14(7-3-13)16(21)24/h2-9H,11H2,1H3,(H2,21,24)(H,22,26). The lowest BCUT2D eigenvalue weighted by atomic mass is 9.91. The fraction of sp³-hybridized carbons (Fsp3) is 0.158. The first-order chi connectivity index (χ1) is 12.3. The monoisotopic (exact) mass is 348 g/mol. The summed E-state index contributed by atoms with van der Waals surface area (Å²) in [5.41, 5.74) is 6.13. The van der Waals surface area contributed by atoms with Crippen LogP contribution in [-0.2, 0) is 16.9 Å². The Labute approximate surface area is 150 Å². The highest BCUT2D eigenvalue weighted by atomic mass is 16.2. The molecule has 0 saturated carbocycles. The zero-order valence-electron chi connectivity index (χ0n) is 14.0. The predicted octanol–water partition coefficient (Wildman–Crippen LogP) is 1.62. The SMILES string of the molecule is CC1(c2ccc(C#N)cc2)NC(=O)N(Cc2ccc(C(N)=O)cc2)C1=O. The fourth-order valence-electron chi connectivity index (χ4n) is 2.87. The molecule has 3 N–H and O–H groups in total. The molecule has 1 saturated heterocycles. The van der Waals surface area contributed by atoms with Crippen molar-refractivity contribution in [2.75, 3.05) is 0 Å². The second-order valence-electron chi connectivity index (χ2n) is 6.20. The minimum Gasteiger partial charge on any atom is -0.366 e. The van der Waals surface area contributed by atoms with E-state index >= 15 is 0 Å². The quantitative estimate of drug-likeness (QED) is 0.817. The number of hydrogen-bond acceptors (Lipinski definition) is 4. The Hall–Kier alpha value is -3.66. The van der Waals surface area contributed by atoms with Gasteiger partial charge in [-0.1, -0.05) is 24.3 Å². The van der Waals surface area contributed by atoms with Gasteiger partial charge in [-0.15, -0.1) is 0 Å². The molecule has 7 nitrogen and oxygen atoms in total. The molecule has 0 aliphatic carbocycles. The third kappa shape index (κ3) is 2.89. The number of benzene rings is 2. The highest BCUT2D eigenvalue weighted by Crippen LogP contribution is 2.30. The number of rotatable bonds is 4. The van der Waals surface area contributed by atoms with Crippen LogP contribution in [-0.4, -0.2) is 22.7 Å². The van der Waals surface area contributed by atoms with Crippen molar-refractivity contribution in [2.24, 2.45) is 5.73 Å². The Morgan fingerprint density at radius 2 is 1.77 bits per heavy atom. The van der Waals surface area contributed by atoms with E-state index in [0.717, 1.165) is 4.90 Å². The van der Waals surface area contributed by atoms with Gasteiger partial charge in [0.15, 0.2) is 0 Å². The Morgan fingerprint density at radius 3 is 2.31 bits per heavy atom. The molecule has 1 unspecified atom stereocenters. The molecule has 4 amide bonds. The predicted molar refractivity (Wildman–Crippen MR) is 92.6 cm³/mol. The van der Waals surface area contributed by atoms with Gasteiger partial charge in [0, 0.05) is 5.56 Å². The summed E-state index contributed by atoms with van der Waals surface area (Å²) in [6.45, 7) is 1.71. The number of nitrogens with two attached hydrogens (primary N) is 1. The largest absolute Gasteiger partial charge is 0.366 e. The van der Waals surface area contributed by atoms with Crippen molar-refractivity contribution in [1.82, 2.24) is 10.2 Å². The van der Waals surface area contributed by atoms with Crippen molar-refractivity contribution >= 4 is 17.8 Å². The Balaban J connectivity index is 1.83. The fourth-order valence-corrected chi connectivity index (χ4v) is 2.87. The molecule has 130 valence electrons. The molecule has 1 heterocycles. The van der Waals surface area contributed by atoms with Crippen LogP contribution < -0.4 is 11.1 Å². The van der Waals surface area contributed by atoms with Gasteiger partial charge in [-0.05, 0) is 42.3 Å². The van der Waals surface area contributed by atoms with Crippen LogP contribution in [0.4, 0.5) is 4.79 Å². The number of hydrogen-bond donors (Lipinski definition) is 2. The molecule has 7 heteroatoms. The molecule has 26 heavy (non-hydrogen) atoms. The number of carbonyl (C=O) groups excluding carboxylic acids is 3. The lowest BCUT2D eigenvalue weighted by molar-refractivity contribution is -0.131. The van der Waals surface area contributed by atoms with Crippen LogP contribution in [0.2, 0.25) is 0 Å². The number of nitrogens with zero attached hydrogens (tertiary/aromatic N) is 2. The van der Waals surface area contributed by atoms with E-state index in [1.807, 2.05) is 6.07 Å². The van der Waals surface area contributed by atoms with Crippen molar-refractivity contribution < 1.29 is 14.4 Å². The van der Waals surface area contributed by atoms with E-state index in [1.165, 1.54) is 0 Å². The van der Waals surface area contributed by atoms with Crippen LogP contribution in [0, 0.1) is 11.3 Å². The summed E-state index contributed by atoms with van der Waals surface area (Å²) in [6.07, 6.45) is 0. The summed E-state index contributed by atoms with van der Waals surface area (Å²) in [5.74, 6) is -0.925. The average Bonchev–Trinajstić information content (AvgIpc) is 2.86. The first-order valence-electron chi connectivity index (χ1n) is 7.88. The zero-order valence-corrected chi connectivity index (χ0v) is 14.0. The number of carbonyl (C=O) groups is 3. The highest BCUT2D eigenvalue weighted by Gasteiger charge is 2.48. The van der Waals surface area contributed by atoms with Crippen molar-refractivity contribution in [1.29, 1.82) is 5.26 Å². The van der Waals surface area contributed by atoms with E-state index in [9.17, 15) is 14.4 Å². The lowest BCUT2D eigenvalue weighted by Gasteiger charge is -2.22. The van der Waals surface area contributed by atoms with E-state index in [-0.39, 0.29) is 12.5 Å². The average molecular weight is 348 g/mol. The smallest absolute Gasteiger partial charge is 0.325 e. The lowest BCUT2D eigenvalue weighted by Crippen LogP contribution is -2.40. The van der Waals surface area contributed by atoms with E-state index < -0.39 is 17.5 Å². The Bertz CT molecular complexity index is 929. The number of primary amides is 1. The van der Waals surface area contributed by atoms with Gasteiger partial charge in [0.1, 0.15) is 5.54 Å². The first-order valence-corrected chi connectivity index (χ1v) is 7.88. The van der Waals surface area contributed by atoms with Crippen LogP contribution >= 0.6 is 0 Å². The molecule has 3 rings (SSSR count). The van der Waals surface area contributed by atoms with Gasteiger partial charge in [0.2, 0.25) is 5.91 Å². The molecule has 1 aliphatic rings. The molecule has 1 fully saturated rings. The third-order valence-corrected chi connectivity index (χ3v) is 4.45. The van der Waals surface area contributed by atoms with Gasteiger partial charge < -0.3 is 11.1 Å². The number of urea groups is 1. The van der Waals surface area contributed by atoms with Crippen molar-refractivity contribution in [2.45, 2.75) is 19.0 Å². The van der Waals surface area contributed by atoms with Gasteiger partial charge in [-0.25, -0.2) is 4.79 Å². The second kappa shape index (κ2) is 6.33. The van der Waals surface area contributed by atoms with E-state index in [4.69, 9.17) is 11.0 Å². The summed E-state index contributed by atoms with van der Waals surface area (Å²) in [5, 5.41) is 11.6. The second-order valence-corrected chi connectivity index (χ2v) is 6.20. The number of nitrogens with one attached hydrogen (secondary N) is 1. The molecule has 0 bridgehead atoms. The molecule has 0 aromatic heterocycles. The highest BCUT2D eigenvalue weighted by molar-refractivity contribution is 6.07. The maximum atomic E-state index is 12.9. The zero-order chi connectivity index (χ0) is 18.9. The van der Waals surface area contributed by atoms with E-state index in [1.54, 1.807) is 55.5 Å². The van der Waals surface area contributed by atoms with Crippen LogP contribution in [0.1, 0.15) is 34.0 Å². The normalized spacial score (nSPS) is 19.2. The molecule has 2 aromatic carbocycles. The van der Waals surface area contributed by atoms with Gasteiger partial charge in [-0.2, -0.15) is 5.26 Å². The summed E-state index contributed by atoms with van der Waals surface area (Å²) in [7, 11) is 0. The van der Waals surface area contributed by atoms with Crippen LogP contribution in [0.3, 0.4) is 0 Å². The summed E-state index contributed by atoms with van der Waals surface area (Å²) >= 11 is 0. The summed E-state index contributed by atoms with van der Waals surface area (Å²) in [4.78, 5) is 37.5. The van der Waals surface area contributed by atoms with Crippen molar-refractivity contribution in [3.63, 3.8) is 0 Å². The number of imide groups is 1. The van der Waals surface area contributed by atoms with Crippen molar-refractivity contribution in [3.8, 4) is 6.07 Å². The third-order valence-electron chi connectivity index (χ3n) is 4.45. The van der Waals surface area contributed by atoms with E-state index in [0.29, 0.717) is 22.3 Å². The van der Waals surface area contributed by atoms with E-state index in [2.05, 4.69) is 5.32 Å². The van der Waals surface area contributed by atoms with Gasteiger partial charge in [0.05, 0.1) is 18.2 Å². The minimum absolute atomic E-state index is 0.0789. The summed E-state index contributed by atoms with van der Waals surface area (Å²) < 4.78 is 0. The molecule has 0 radical (unpaired) electrons. The van der Waals surface area contributed by atoms with Crippen LogP contribution in [0.5, 0.6) is 0 Å². The Kier molecular flexibility index (Phi) is 4.18. The molecular weight excluding hydrogens is 332 g/mol. The minimum atomic E-state index is -1.20. The maximum absolute atomic E-state index is 12.9. The number of amides is 4. The maximum Gasteiger partial charge on any atom is 0.325 e. The van der Waals surface area contributed by atoms with Crippen molar-refractivity contribution in [3.05, 3.63) is 70.8 Å². The summed E-state index contributed by atoms with van der Waals surface area (Å²) in [6, 6.07) is 14.4. The van der Waals surface area contributed by atoms with Gasteiger partial charge in [0.25, 0.3) is 5.91 Å². The molecule has 2 aromatic rings. The van der Waals surface area contributed by atoms with Crippen LogP contribution in [0.15, 0.2) is 48.5 Å². The van der Waals surface area contributed by atoms with Gasteiger partial charge >= 0.3 is 6.03 Å². The number of nitriles is 1. The molecular formula is C19H16N4O3. The topological polar surface area (TPSA) is 116 Å².